The highest BCUT2D eigenvalue weighted by molar-refractivity contribution is 5.67. The minimum atomic E-state index is 0.848. The third kappa shape index (κ3) is 2.74. The predicted molar refractivity (Wildman–Crippen MR) is 80.5 cm³/mol. The van der Waals surface area contributed by atoms with Crippen LogP contribution < -0.4 is 5.32 Å². The van der Waals surface area contributed by atoms with Crippen LogP contribution in [0.5, 0.6) is 0 Å². The van der Waals surface area contributed by atoms with E-state index >= 15 is 0 Å². The van der Waals surface area contributed by atoms with Crippen LogP contribution >= 0.6 is 0 Å². The first kappa shape index (κ1) is 13.6. The van der Waals surface area contributed by atoms with Crippen molar-refractivity contribution in [3.05, 3.63) is 41.2 Å². The molecule has 0 spiro atoms. The van der Waals surface area contributed by atoms with E-state index in [2.05, 4.69) is 20.6 Å². The summed E-state index contributed by atoms with van der Waals surface area (Å²) in [7, 11) is 0. The van der Waals surface area contributed by atoms with Gasteiger partial charge in [-0.15, -0.1) is 0 Å². The summed E-state index contributed by atoms with van der Waals surface area (Å²) in [6.45, 7) is 6.77. The normalized spacial score (nSPS) is 11.2. The van der Waals surface area contributed by atoms with Crippen molar-refractivity contribution in [1.29, 1.82) is 0 Å². The Morgan fingerprint density at radius 3 is 2.90 bits per heavy atom. The van der Waals surface area contributed by atoms with E-state index in [1.807, 2.05) is 37.5 Å². The molecule has 0 bridgehead atoms. The summed E-state index contributed by atoms with van der Waals surface area (Å²) in [5.41, 5.74) is 4.19. The van der Waals surface area contributed by atoms with Gasteiger partial charge in [0.25, 0.3) is 0 Å². The molecule has 0 radical (unpaired) electrons. The molecule has 0 aromatic carbocycles. The number of aryl methyl sites for hydroxylation is 3. The van der Waals surface area contributed by atoms with Crippen LogP contribution in [0.4, 0.5) is 5.82 Å². The van der Waals surface area contributed by atoms with E-state index in [0.717, 1.165) is 47.9 Å². The van der Waals surface area contributed by atoms with E-state index < -0.39 is 0 Å². The van der Waals surface area contributed by atoms with Gasteiger partial charge in [0.1, 0.15) is 11.3 Å². The average Bonchev–Trinajstić information content (AvgIpc) is 2.99. The molecule has 0 saturated heterocycles. The van der Waals surface area contributed by atoms with Crippen LogP contribution in [0.25, 0.3) is 5.52 Å². The average molecular weight is 285 g/mol. The predicted octanol–water partition coefficient (Wildman–Crippen LogP) is 2.69. The molecule has 6 nitrogen and oxygen atoms in total. The van der Waals surface area contributed by atoms with Gasteiger partial charge in [-0.1, -0.05) is 5.16 Å². The molecule has 6 heteroatoms. The summed E-state index contributed by atoms with van der Waals surface area (Å²) in [6.07, 6.45) is 5.57. The topological polar surface area (TPSA) is 68.2 Å². The fourth-order valence-corrected chi connectivity index (χ4v) is 2.51. The maximum Gasteiger partial charge on any atom is 0.152 e. The molecule has 3 aromatic rings. The molecule has 0 saturated carbocycles. The van der Waals surface area contributed by atoms with E-state index in [1.54, 1.807) is 6.20 Å². The molecule has 21 heavy (non-hydrogen) atoms. The Morgan fingerprint density at radius 2 is 2.14 bits per heavy atom. The minimum absolute atomic E-state index is 0.848. The van der Waals surface area contributed by atoms with Crippen LogP contribution in [0.15, 0.2) is 23.0 Å². The second kappa shape index (κ2) is 5.55. The summed E-state index contributed by atoms with van der Waals surface area (Å²) in [6, 6.07) is 2.03. The third-order valence-electron chi connectivity index (χ3n) is 3.59. The smallest absolute Gasteiger partial charge is 0.152 e. The van der Waals surface area contributed by atoms with Gasteiger partial charge in [-0.25, -0.2) is 9.50 Å². The van der Waals surface area contributed by atoms with E-state index in [1.165, 1.54) is 5.56 Å². The molecule has 0 atom stereocenters. The van der Waals surface area contributed by atoms with Gasteiger partial charge in [-0.2, -0.15) is 5.10 Å². The van der Waals surface area contributed by atoms with Crippen LogP contribution in [-0.2, 0) is 6.42 Å². The number of anilines is 1. The van der Waals surface area contributed by atoms with Crippen molar-refractivity contribution in [2.75, 3.05) is 11.9 Å². The number of hydrogen-bond acceptors (Lipinski definition) is 5. The Hall–Kier alpha value is -2.37. The number of fused-ring (bicyclic) bond motifs is 1. The van der Waals surface area contributed by atoms with Gasteiger partial charge < -0.3 is 9.84 Å². The Bertz CT molecular complexity index is 739. The van der Waals surface area contributed by atoms with Crippen LogP contribution in [0.2, 0.25) is 0 Å². The molecule has 0 aliphatic carbocycles. The Kier molecular flexibility index (Phi) is 3.60. The zero-order valence-electron chi connectivity index (χ0n) is 12.6. The van der Waals surface area contributed by atoms with Crippen molar-refractivity contribution >= 4 is 11.3 Å². The van der Waals surface area contributed by atoms with Crippen molar-refractivity contribution in [2.45, 2.75) is 33.6 Å². The van der Waals surface area contributed by atoms with Gasteiger partial charge in [0.2, 0.25) is 0 Å². The van der Waals surface area contributed by atoms with Crippen LogP contribution in [0.3, 0.4) is 0 Å². The highest BCUT2D eigenvalue weighted by atomic mass is 16.5. The summed E-state index contributed by atoms with van der Waals surface area (Å²) in [5, 5.41) is 11.7. The second-order valence-corrected chi connectivity index (χ2v) is 5.22. The fourth-order valence-electron chi connectivity index (χ4n) is 2.51. The number of nitrogens with one attached hydrogen (secondary N) is 1. The highest BCUT2D eigenvalue weighted by Crippen LogP contribution is 2.16. The maximum absolute atomic E-state index is 5.18. The zero-order chi connectivity index (χ0) is 14.8. The first-order valence-electron chi connectivity index (χ1n) is 7.12. The van der Waals surface area contributed by atoms with Crippen LogP contribution in [0.1, 0.15) is 29.1 Å². The van der Waals surface area contributed by atoms with Crippen molar-refractivity contribution < 1.29 is 4.52 Å². The number of nitrogens with zero attached hydrogens (tertiary/aromatic N) is 4. The Balaban J connectivity index is 1.62. The first-order valence-corrected chi connectivity index (χ1v) is 7.12. The largest absolute Gasteiger partial charge is 0.368 e. The van der Waals surface area contributed by atoms with Gasteiger partial charge >= 0.3 is 0 Å². The molecule has 0 aliphatic heterocycles. The number of rotatable bonds is 5. The van der Waals surface area contributed by atoms with E-state index in [9.17, 15) is 0 Å². The lowest BCUT2D eigenvalue weighted by Crippen LogP contribution is -2.06. The van der Waals surface area contributed by atoms with Crippen molar-refractivity contribution in [1.82, 2.24) is 19.8 Å². The van der Waals surface area contributed by atoms with Crippen molar-refractivity contribution in [3.8, 4) is 0 Å². The molecule has 0 unspecified atom stereocenters. The Morgan fingerprint density at radius 1 is 1.29 bits per heavy atom. The lowest BCUT2D eigenvalue weighted by atomic mass is 10.1. The van der Waals surface area contributed by atoms with Gasteiger partial charge in [-0.3, -0.25) is 0 Å². The third-order valence-corrected chi connectivity index (χ3v) is 3.59. The maximum atomic E-state index is 5.18. The van der Waals surface area contributed by atoms with Gasteiger partial charge in [0.05, 0.1) is 11.4 Å². The summed E-state index contributed by atoms with van der Waals surface area (Å²) >= 11 is 0. The molecule has 110 valence electrons. The summed E-state index contributed by atoms with van der Waals surface area (Å²) in [4.78, 5) is 4.39. The standard InChI is InChI=1S/C15H19N5O/c1-10-9-14-15(17-7-8-20(14)18-10)16-6-4-5-13-11(2)19-21-12(13)3/h7-9H,4-6H2,1-3H3,(H,16,17). The fraction of sp³-hybridized carbons (Fsp3) is 0.400. The number of hydrogen-bond donors (Lipinski definition) is 1. The Labute approximate surface area is 123 Å². The SMILES string of the molecule is Cc1cc2c(NCCCc3c(C)noc3C)nccn2n1. The van der Waals surface area contributed by atoms with Crippen LogP contribution in [-0.4, -0.2) is 26.3 Å². The lowest BCUT2D eigenvalue weighted by molar-refractivity contribution is 0.392. The molecular weight excluding hydrogens is 266 g/mol. The van der Waals surface area contributed by atoms with Crippen molar-refractivity contribution in [3.63, 3.8) is 0 Å². The van der Waals surface area contributed by atoms with E-state index in [4.69, 9.17) is 4.52 Å². The van der Waals surface area contributed by atoms with Crippen molar-refractivity contribution in [2.24, 2.45) is 0 Å². The lowest BCUT2D eigenvalue weighted by Gasteiger charge is -2.06. The minimum Gasteiger partial charge on any atom is -0.368 e. The van der Waals surface area contributed by atoms with Gasteiger partial charge in [-0.05, 0) is 39.7 Å². The molecule has 3 aromatic heterocycles. The second-order valence-electron chi connectivity index (χ2n) is 5.22. The molecule has 1 N–H and O–H groups in total. The van der Waals surface area contributed by atoms with E-state index in [-0.39, 0.29) is 0 Å². The first-order chi connectivity index (χ1) is 10.1. The molecule has 0 amide bonds. The molecule has 3 heterocycles. The molecule has 0 aliphatic rings. The van der Waals surface area contributed by atoms with Gasteiger partial charge in [0, 0.05) is 24.5 Å². The molecular formula is C15H19N5O. The van der Waals surface area contributed by atoms with Crippen LogP contribution in [0, 0.1) is 20.8 Å². The monoisotopic (exact) mass is 285 g/mol. The number of aromatic nitrogens is 4. The van der Waals surface area contributed by atoms with E-state index in [0.29, 0.717) is 0 Å². The zero-order valence-corrected chi connectivity index (χ0v) is 12.6. The molecule has 3 rings (SSSR count). The quantitative estimate of drug-likeness (QED) is 0.730. The molecule has 0 fully saturated rings. The summed E-state index contributed by atoms with van der Waals surface area (Å²) < 4.78 is 7.02. The summed E-state index contributed by atoms with van der Waals surface area (Å²) in [5.74, 6) is 1.79. The van der Waals surface area contributed by atoms with Gasteiger partial charge in [0.15, 0.2) is 5.82 Å². The highest BCUT2D eigenvalue weighted by Gasteiger charge is 2.09.